The second-order valence-electron chi connectivity index (χ2n) is 23.4. The summed E-state index contributed by atoms with van der Waals surface area (Å²) in [4.78, 5) is 119. The number of hydrogen-bond donors (Lipinski definition) is 6. The quantitative estimate of drug-likeness (QED) is 0.0270. The Kier molecular flexibility index (Phi) is 41.9. The molecule has 18 heteroatoms. The number of ether oxygens (including phenoxy) is 1. The van der Waals surface area contributed by atoms with Crippen molar-refractivity contribution in [3.63, 3.8) is 0 Å². The average Bonchev–Trinajstić information content (AvgIpc) is 3.18. The standard InChI is InChI=1S/C68H110N8O10/c1-3-5-7-9-11-13-15-17-19-21-23-25-27-29-31-36-45-75(46-37-32-30-28-26-24-22-20-18-16-14-12-10-8-6-4-2)68(85)58-43-38-42-57(48-58)66(83)73-51-62(79)69-49-60(77)71-53-64(81)76-47-39-44-59(76)67(84)74-52-63(80)70-50-61(78)72-54-65(82)86-55-56-40-34-33-35-41-56/h33-35,38,40-43,48,59H,3-32,36-37,39,44-47,49-55H2,1-2H3,(H,69,79)(H,70,80)(H,71,77)(H,72,78)(H,73,83)(H,74,84)/t59-/m0/s1. The molecule has 1 aliphatic heterocycles. The number of rotatable bonds is 51. The molecule has 1 heterocycles. The minimum Gasteiger partial charge on any atom is -0.460 e. The Balaban J connectivity index is 1.35. The van der Waals surface area contributed by atoms with Crippen molar-refractivity contribution in [2.24, 2.45) is 0 Å². The van der Waals surface area contributed by atoms with E-state index < -0.39 is 92.6 Å². The van der Waals surface area contributed by atoms with Gasteiger partial charge in [0.15, 0.2) is 0 Å². The molecule has 0 radical (unpaired) electrons. The first-order valence-electron chi connectivity index (χ1n) is 33.4. The molecule has 0 aromatic heterocycles. The molecule has 1 fully saturated rings. The van der Waals surface area contributed by atoms with E-state index in [4.69, 9.17) is 4.74 Å². The summed E-state index contributed by atoms with van der Waals surface area (Å²) in [6.45, 7) is 3.50. The van der Waals surface area contributed by atoms with Gasteiger partial charge < -0.3 is 46.4 Å². The molecule has 0 bridgehead atoms. The molecule has 1 saturated heterocycles. The molecule has 8 amide bonds. The van der Waals surface area contributed by atoms with Crippen LogP contribution in [-0.4, -0.2) is 128 Å². The topological polar surface area (TPSA) is 242 Å². The smallest absolute Gasteiger partial charge is 0.325 e. The van der Waals surface area contributed by atoms with Crippen LogP contribution in [0.2, 0.25) is 0 Å². The van der Waals surface area contributed by atoms with E-state index in [1.807, 2.05) is 11.0 Å². The van der Waals surface area contributed by atoms with Gasteiger partial charge in [-0.3, -0.25) is 43.2 Å². The number of hydrogen-bond acceptors (Lipinski definition) is 10. The number of likely N-dealkylation sites (tertiary alicyclic amines) is 1. The summed E-state index contributed by atoms with van der Waals surface area (Å²) in [6, 6.07) is 14.7. The lowest BCUT2D eigenvalue weighted by atomic mass is 10.0. The van der Waals surface area contributed by atoms with Crippen LogP contribution in [-0.2, 0) is 44.9 Å². The van der Waals surface area contributed by atoms with Crippen molar-refractivity contribution in [2.75, 3.05) is 58.9 Å². The summed E-state index contributed by atoms with van der Waals surface area (Å²) < 4.78 is 5.11. The maximum atomic E-state index is 14.1. The monoisotopic (exact) mass is 1200 g/mol. The molecule has 3 rings (SSSR count). The van der Waals surface area contributed by atoms with Gasteiger partial charge in [-0.05, 0) is 49.4 Å². The molecule has 2 aromatic rings. The van der Waals surface area contributed by atoms with E-state index in [9.17, 15) is 43.2 Å². The molecule has 0 saturated carbocycles. The second-order valence-corrected chi connectivity index (χ2v) is 23.4. The van der Waals surface area contributed by atoms with Gasteiger partial charge in [0.25, 0.3) is 11.8 Å². The number of benzene rings is 2. The number of carbonyl (C=O) groups excluding carboxylic acids is 9. The van der Waals surface area contributed by atoms with Crippen molar-refractivity contribution < 1.29 is 47.9 Å². The SMILES string of the molecule is CCCCCCCCCCCCCCCCCCN(CCCCCCCCCCCCCCCCCC)C(=O)c1cccc(C(=O)NCC(=O)NCC(=O)NCC(=O)N2CCC[C@H]2C(=O)NCC(=O)NCC(=O)NCC(=O)OCc2ccccc2)c1. The zero-order valence-corrected chi connectivity index (χ0v) is 52.9. The largest absolute Gasteiger partial charge is 0.460 e. The van der Waals surface area contributed by atoms with E-state index in [-0.39, 0.29) is 24.6 Å². The minimum atomic E-state index is -0.888. The number of carbonyl (C=O) groups is 9. The Morgan fingerprint density at radius 2 is 0.837 bits per heavy atom. The lowest BCUT2D eigenvalue weighted by Gasteiger charge is -2.24. The van der Waals surface area contributed by atoms with Gasteiger partial charge in [-0.25, -0.2) is 0 Å². The predicted octanol–water partition coefficient (Wildman–Crippen LogP) is 10.7. The van der Waals surface area contributed by atoms with Gasteiger partial charge >= 0.3 is 5.97 Å². The number of esters is 1. The van der Waals surface area contributed by atoms with E-state index in [1.54, 1.807) is 48.5 Å². The van der Waals surface area contributed by atoms with Gasteiger partial charge in [0.1, 0.15) is 19.2 Å². The van der Waals surface area contributed by atoms with Crippen LogP contribution < -0.4 is 31.9 Å². The molecular weight excluding hydrogens is 1090 g/mol. The first-order valence-corrected chi connectivity index (χ1v) is 33.4. The highest BCUT2D eigenvalue weighted by Gasteiger charge is 2.34. The Bertz CT molecular complexity index is 2210. The van der Waals surface area contributed by atoms with Crippen molar-refractivity contribution in [1.29, 1.82) is 0 Å². The van der Waals surface area contributed by atoms with Crippen molar-refractivity contribution in [2.45, 2.75) is 245 Å². The molecule has 0 aliphatic carbocycles. The average molecular weight is 1200 g/mol. The summed E-state index contributed by atoms with van der Waals surface area (Å²) in [6.07, 6.45) is 41.9. The zero-order valence-electron chi connectivity index (χ0n) is 52.9. The van der Waals surface area contributed by atoms with Gasteiger partial charge in [0.05, 0.1) is 32.7 Å². The summed E-state index contributed by atoms with van der Waals surface area (Å²) in [5, 5.41) is 14.6. The Hall–Kier alpha value is -6.33. The summed E-state index contributed by atoms with van der Waals surface area (Å²) in [7, 11) is 0. The van der Waals surface area contributed by atoms with Crippen LogP contribution in [0.5, 0.6) is 0 Å². The van der Waals surface area contributed by atoms with Crippen LogP contribution in [0.15, 0.2) is 54.6 Å². The highest BCUT2D eigenvalue weighted by molar-refractivity contribution is 6.01. The Morgan fingerprint density at radius 3 is 1.30 bits per heavy atom. The molecule has 18 nitrogen and oxygen atoms in total. The minimum absolute atomic E-state index is 0.0516. The summed E-state index contributed by atoms with van der Waals surface area (Å²) in [5.41, 5.74) is 1.44. The fourth-order valence-electron chi connectivity index (χ4n) is 10.7. The van der Waals surface area contributed by atoms with Gasteiger partial charge in [-0.1, -0.05) is 243 Å². The van der Waals surface area contributed by atoms with E-state index in [1.165, 1.54) is 172 Å². The Labute approximate surface area is 515 Å². The van der Waals surface area contributed by atoms with Crippen LogP contribution in [0.25, 0.3) is 0 Å². The van der Waals surface area contributed by atoms with E-state index >= 15 is 0 Å². The first-order chi connectivity index (χ1) is 41.9. The fourth-order valence-corrected chi connectivity index (χ4v) is 10.7. The van der Waals surface area contributed by atoms with Crippen LogP contribution in [0.1, 0.15) is 258 Å². The van der Waals surface area contributed by atoms with E-state index in [0.717, 1.165) is 44.1 Å². The van der Waals surface area contributed by atoms with Gasteiger partial charge in [-0.2, -0.15) is 0 Å². The number of nitrogens with one attached hydrogen (secondary N) is 6. The third kappa shape index (κ3) is 36.0. The zero-order chi connectivity index (χ0) is 62.1. The molecule has 1 aliphatic rings. The summed E-state index contributed by atoms with van der Waals surface area (Å²) in [5.74, 6) is -5.04. The van der Waals surface area contributed by atoms with E-state index in [0.29, 0.717) is 31.5 Å². The normalized spacial score (nSPS) is 12.7. The highest BCUT2D eigenvalue weighted by Crippen LogP contribution is 2.19. The second kappa shape index (κ2) is 48.7. The molecule has 482 valence electrons. The van der Waals surface area contributed by atoms with Gasteiger partial charge in [0, 0.05) is 30.8 Å². The molecule has 1 atom stereocenters. The van der Waals surface area contributed by atoms with Crippen molar-refractivity contribution in [3.05, 3.63) is 71.3 Å². The molecule has 2 aromatic carbocycles. The number of nitrogens with zero attached hydrogens (tertiary/aromatic N) is 2. The molecule has 86 heavy (non-hydrogen) atoms. The Morgan fingerprint density at radius 1 is 0.442 bits per heavy atom. The van der Waals surface area contributed by atoms with Crippen LogP contribution in [0.4, 0.5) is 0 Å². The maximum Gasteiger partial charge on any atom is 0.325 e. The van der Waals surface area contributed by atoms with Crippen LogP contribution in [0.3, 0.4) is 0 Å². The predicted molar refractivity (Wildman–Crippen MR) is 340 cm³/mol. The fraction of sp³-hybridized carbons (Fsp3) is 0.691. The molecule has 0 unspecified atom stereocenters. The lowest BCUT2D eigenvalue weighted by molar-refractivity contribution is -0.145. The van der Waals surface area contributed by atoms with E-state index in [2.05, 4.69) is 45.7 Å². The molecule has 6 N–H and O–H groups in total. The van der Waals surface area contributed by atoms with Gasteiger partial charge in [-0.15, -0.1) is 0 Å². The van der Waals surface area contributed by atoms with Crippen molar-refractivity contribution >= 4 is 53.2 Å². The molecular formula is C68H110N8O10. The third-order valence-corrected chi connectivity index (χ3v) is 15.9. The maximum absolute atomic E-state index is 14.1. The molecule has 0 spiro atoms. The van der Waals surface area contributed by atoms with Gasteiger partial charge in [0.2, 0.25) is 35.4 Å². The van der Waals surface area contributed by atoms with Crippen molar-refractivity contribution in [3.8, 4) is 0 Å². The lowest BCUT2D eigenvalue weighted by Crippen LogP contribution is -2.51. The number of amides is 8. The third-order valence-electron chi connectivity index (χ3n) is 15.9. The number of unbranched alkanes of at least 4 members (excludes halogenated alkanes) is 30. The first kappa shape index (κ1) is 73.9. The van der Waals surface area contributed by atoms with Crippen LogP contribution >= 0.6 is 0 Å². The van der Waals surface area contributed by atoms with Crippen LogP contribution in [0, 0.1) is 0 Å². The highest BCUT2D eigenvalue weighted by atomic mass is 16.5. The summed E-state index contributed by atoms with van der Waals surface area (Å²) >= 11 is 0. The van der Waals surface area contributed by atoms with Crippen molar-refractivity contribution in [1.82, 2.24) is 41.7 Å².